The molecule has 4 rings (SSSR count). The van der Waals surface area contributed by atoms with Crippen molar-refractivity contribution in [3.05, 3.63) is 95.1 Å². The molecule has 5 nitrogen and oxygen atoms in total. The first kappa shape index (κ1) is 21.7. The molecule has 2 atom stereocenters. The number of hydrogen-bond donors (Lipinski definition) is 3. The van der Waals surface area contributed by atoms with Gasteiger partial charge in [0.2, 0.25) is 0 Å². The molecule has 0 spiro atoms. The van der Waals surface area contributed by atoms with Gasteiger partial charge in [-0.25, -0.2) is 4.99 Å². The van der Waals surface area contributed by atoms with Gasteiger partial charge in [-0.15, -0.1) is 0 Å². The largest absolute Gasteiger partial charge is 0.417 e. The number of amidine groups is 1. The fourth-order valence-corrected chi connectivity index (χ4v) is 3.52. The Balaban J connectivity index is 1.60. The van der Waals surface area contributed by atoms with Crippen LogP contribution in [0.25, 0.3) is 11.1 Å². The summed E-state index contributed by atoms with van der Waals surface area (Å²) in [5.74, 6) is 0.0210. The molecule has 3 aromatic carbocycles. The monoisotopic (exact) mass is 438 g/mol. The molecule has 32 heavy (non-hydrogen) atoms. The van der Waals surface area contributed by atoms with E-state index in [4.69, 9.17) is 5.73 Å². The van der Waals surface area contributed by atoms with Crippen molar-refractivity contribution in [2.75, 3.05) is 6.54 Å². The Labute approximate surface area is 183 Å². The van der Waals surface area contributed by atoms with E-state index in [9.17, 15) is 18.3 Å². The maximum Gasteiger partial charge on any atom is 0.417 e. The Morgan fingerprint density at radius 2 is 1.78 bits per heavy atom. The molecule has 0 saturated heterocycles. The first-order chi connectivity index (χ1) is 15.3. The Kier molecular flexibility index (Phi) is 6.07. The van der Waals surface area contributed by atoms with E-state index >= 15 is 0 Å². The highest BCUT2D eigenvalue weighted by Gasteiger charge is 2.34. The number of halogens is 3. The van der Waals surface area contributed by atoms with Gasteiger partial charge >= 0.3 is 6.18 Å². The second-order valence-corrected chi connectivity index (χ2v) is 7.32. The molecule has 164 valence electrons. The smallest absolute Gasteiger partial charge is 0.383 e. The average Bonchev–Trinajstić information content (AvgIpc) is 3.34. The predicted octanol–water partition coefficient (Wildman–Crippen LogP) is 4.44. The first-order valence-corrected chi connectivity index (χ1v) is 9.96. The van der Waals surface area contributed by atoms with Crippen LogP contribution in [0.2, 0.25) is 0 Å². The maximum absolute atomic E-state index is 13.7. The third-order valence-electron chi connectivity index (χ3n) is 5.17. The van der Waals surface area contributed by atoms with Crippen LogP contribution in [0.1, 0.15) is 34.6 Å². The van der Waals surface area contributed by atoms with Crippen molar-refractivity contribution >= 4 is 12.1 Å². The molecule has 0 aromatic heterocycles. The van der Waals surface area contributed by atoms with Crippen molar-refractivity contribution in [2.45, 2.75) is 18.6 Å². The Morgan fingerprint density at radius 3 is 2.41 bits per heavy atom. The van der Waals surface area contributed by atoms with Crippen LogP contribution in [0.4, 0.5) is 13.2 Å². The lowest BCUT2D eigenvalue weighted by molar-refractivity contribution is -0.137. The molecule has 1 heterocycles. The van der Waals surface area contributed by atoms with Crippen molar-refractivity contribution in [1.29, 1.82) is 0 Å². The lowest BCUT2D eigenvalue weighted by atomic mass is 9.96. The molecule has 1 aliphatic rings. The fourth-order valence-electron chi connectivity index (χ4n) is 3.52. The highest BCUT2D eigenvalue weighted by molar-refractivity contribution is 5.97. The van der Waals surface area contributed by atoms with Crippen molar-refractivity contribution in [1.82, 2.24) is 5.32 Å². The minimum atomic E-state index is -4.59. The van der Waals surface area contributed by atoms with Gasteiger partial charge in [0, 0.05) is 23.9 Å². The second-order valence-electron chi connectivity index (χ2n) is 7.32. The Morgan fingerprint density at radius 1 is 1.06 bits per heavy atom. The summed E-state index contributed by atoms with van der Waals surface area (Å²) >= 11 is 0. The van der Waals surface area contributed by atoms with E-state index in [0.717, 1.165) is 11.6 Å². The summed E-state index contributed by atoms with van der Waals surface area (Å²) in [6.45, 7) is 0.700. The number of nitrogens with zero attached hydrogens (tertiary/aromatic N) is 2. The molecule has 0 amide bonds. The Bertz CT molecular complexity index is 1140. The molecule has 0 radical (unpaired) electrons. The normalized spacial score (nSPS) is 17.5. The van der Waals surface area contributed by atoms with Gasteiger partial charge in [0.25, 0.3) is 0 Å². The molecule has 2 unspecified atom stereocenters. The molecule has 8 heteroatoms. The highest BCUT2D eigenvalue weighted by Crippen LogP contribution is 2.38. The average molecular weight is 438 g/mol. The van der Waals surface area contributed by atoms with Crippen LogP contribution in [-0.2, 0) is 6.18 Å². The molecular formula is C24H21F3N4O. The van der Waals surface area contributed by atoms with Gasteiger partial charge in [0.1, 0.15) is 12.0 Å². The Hall–Kier alpha value is -3.49. The molecule has 0 aliphatic carbocycles. The minimum absolute atomic E-state index is 0.000990. The van der Waals surface area contributed by atoms with Gasteiger partial charge in [0.05, 0.1) is 5.56 Å². The van der Waals surface area contributed by atoms with Crippen LogP contribution in [0.5, 0.6) is 0 Å². The van der Waals surface area contributed by atoms with Gasteiger partial charge in [-0.3, -0.25) is 10.3 Å². The van der Waals surface area contributed by atoms with E-state index in [0.29, 0.717) is 17.7 Å². The van der Waals surface area contributed by atoms with E-state index < -0.39 is 18.0 Å². The van der Waals surface area contributed by atoms with Gasteiger partial charge in [0.15, 0.2) is 6.23 Å². The van der Waals surface area contributed by atoms with E-state index in [1.165, 1.54) is 12.1 Å². The number of nitrogens with two attached hydrogens (primary N) is 1. The van der Waals surface area contributed by atoms with E-state index in [1.807, 2.05) is 12.1 Å². The summed E-state index contributed by atoms with van der Waals surface area (Å²) < 4.78 is 41.1. The van der Waals surface area contributed by atoms with Crippen LogP contribution in [0.3, 0.4) is 0 Å². The molecule has 0 bridgehead atoms. The van der Waals surface area contributed by atoms with Crippen LogP contribution in [-0.4, -0.2) is 23.7 Å². The number of benzene rings is 3. The summed E-state index contributed by atoms with van der Waals surface area (Å²) in [5.41, 5.74) is 7.12. The minimum Gasteiger partial charge on any atom is -0.383 e. The van der Waals surface area contributed by atoms with Crippen molar-refractivity contribution in [2.24, 2.45) is 15.7 Å². The third-order valence-corrected chi connectivity index (χ3v) is 5.17. The molecule has 0 saturated carbocycles. The van der Waals surface area contributed by atoms with E-state index in [1.54, 1.807) is 48.7 Å². The number of hydrogen-bond acceptors (Lipinski definition) is 4. The van der Waals surface area contributed by atoms with Crippen molar-refractivity contribution in [3.63, 3.8) is 0 Å². The third kappa shape index (κ3) is 4.71. The number of aliphatic hydroxyl groups is 1. The zero-order valence-electron chi connectivity index (χ0n) is 16.9. The summed E-state index contributed by atoms with van der Waals surface area (Å²) in [6, 6.07) is 19.1. The molecule has 1 aliphatic heterocycles. The number of alkyl halides is 3. The SMILES string of the molecule is N/C(=N\C(O)c1ccc(-c2ccccc2)c(C(F)(F)F)c1)c1ccc(C2N=CCN2)cc1. The highest BCUT2D eigenvalue weighted by atomic mass is 19.4. The van der Waals surface area contributed by atoms with Crippen LogP contribution in [0, 0.1) is 0 Å². The van der Waals surface area contributed by atoms with Gasteiger partial charge < -0.3 is 10.8 Å². The molecular weight excluding hydrogens is 417 g/mol. The summed E-state index contributed by atoms with van der Waals surface area (Å²) in [6.07, 6.45) is -4.45. The van der Waals surface area contributed by atoms with Crippen LogP contribution in [0.15, 0.2) is 82.8 Å². The topological polar surface area (TPSA) is 83.0 Å². The second kappa shape index (κ2) is 8.94. The fraction of sp³-hybridized carbons (Fsp3) is 0.167. The van der Waals surface area contributed by atoms with Gasteiger partial charge in [-0.2, -0.15) is 13.2 Å². The summed E-state index contributed by atoms with van der Waals surface area (Å²) in [7, 11) is 0. The van der Waals surface area contributed by atoms with Crippen LogP contribution < -0.4 is 11.1 Å². The standard InChI is InChI=1S/C24H21F3N4O/c25-24(26,27)20-14-18(10-11-19(20)15-4-2-1-3-5-15)23(32)31-21(28)16-6-8-17(9-7-16)22-29-12-13-30-22/h1-12,14,22-23,30,32H,13H2,(H2,28,31). The number of nitrogens with one attached hydrogen (secondary N) is 1. The molecule has 3 aromatic rings. The van der Waals surface area contributed by atoms with Crippen LogP contribution >= 0.6 is 0 Å². The zero-order chi connectivity index (χ0) is 22.7. The molecule has 4 N–H and O–H groups in total. The lowest BCUT2D eigenvalue weighted by Crippen LogP contribution is -2.17. The maximum atomic E-state index is 13.7. The number of aliphatic imine (C=N–C) groups is 2. The predicted molar refractivity (Wildman–Crippen MR) is 118 cm³/mol. The quantitative estimate of drug-likeness (QED) is 0.407. The molecule has 0 fully saturated rings. The first-order valence-electron chi connectivity index (χ1n) is 9.96. The summed E-state index contributed by atoms with van der Waals surface area (Å²) in [4.78, 5) is 8.30. The van der Waals surface area contributed by atoms with Gasteiger partial charge in [-0.05, 0) is 22.8 Å². The number of rotatable bonds is 5. The van der Waals surface area contributed by atoms with Crippen molar-refractivity contribution in [3.8, 4) is 11.1 Å². The van der Waals surface area contributed by atoms with E-state index in [2.05, 4.69) is 15.3 Å². The summed E-state index contributed by atoms with van der Waals surface area (Å²) in [5, 5.41) is 13.7. The zero-order valence-corrected chi connectivity index (χ0v) is 16.9. The van der Waals surface area contributed by atoms with Crippen molar-refractivity contribution < 1.29 is 18.3 Å². The van der Waals surface area contributed by atoms with Gasteiger partial charge in [-0.1, -0.05) is 66.7 Å². The lowest BCUT2D eigenvalue weighted by Gasteiger charge is -2.16. The van der Waals surface area contributed by atoms with E-state index in [-0.39, 0.29) is 23.1 Å². The number of aliphatic hydroxyl groups excluding tert-OH is 1.